The van der Waals surface area contributed by atoms with Crippen LogP contribution in [0.4, 0.5) is 0 Å². The molecule has 0 aliphatic carbocycles. The molecule has 0 aromatic rings. The van der Waals surface area contributed by atoms with Crippen LogP contribution in [0.1, 0.15) is 19.8 Å². The molecule has 0 aromatic carbocycles. The van der Waals surface area contributed by atoms with Gasteiger partial charge in [-0.3, -0.25) is 9.80 Å². The first-order valence-corrected chi connectivity index (χ1v) is 5.89. The normalized spacial score (nSPS) is 36.5. The molecule has 0 bridgehead atoms. The van der Waals surface area contributed by atoms with E-state index in [0.29, 0.717) is 6.04 Å². The van der Waals surface area contributed by atoms with E-state index in [0.717, 1.165) is 18.5 Å². The Morgan fingerprint density at radius 3 is 3.00 bits per heavy atom. The first-order valence-electron chi connectivity index (χ1n) is 5.35. The van der Waals surface area contributed by atoms with Crippen LogP contribution in [0, 0.1) is 0 Å². The molecule has 0 saturated carbocycles. The van der Waals surface area contributed by atoms with Crippen LogP contribution in [0.2, 0.25) is 0 Å². The van der Waals surface area contributed by atoms with Gasteiger partial charge in [0.15, 0.2) is 0 Å². The molecular weight excluding hydrogens is 184 g/mol. The second-order valence-electron chi connectivity index (χ2n) is 4.32. The quantitative estimate of drug-likeness (QED) is 0.625. The lowest BCUT2D eigenvalue weighted by Gasteiger charge is -2.42. The van der Waals surface area contributed by atoms with E-state index in [1.165, 1.54) is 32.5 Å². The predicted molar refractivity (Wildman–Crippen MR) is 56.4 cm³/mol. The molecule has 0 spiro atoms. The molecule has 3 heteroatoms. The van der Waals surface area contributed by atoms with Crippen molar-refractivity contribution in [3.05, 3.63) is 0 Å². The van der Waals surface area contributed by atoms with Gasteiger partial charge in [0.05, 0.1) is 0 Å². The van der Waals surface area contributed by atoms with E-state index in [4.69, 9.17) is 11.6 Å². The highest BCUT2D eigenvalue weighted by Crippen LogP contribution is 2.24. The zero-order valence-corrected chi connectivity index (χ0v) is 9.13. The minimum absolute atomic E-state index is 0.702. The lowest BCUT2D eigenvalue weighted by molar-refractivity contribution is 0.0643. The maximum atomic E-state index is 5.79. The number of piperazine rings is 1. The molecule has 2 unspecified atom stereocenters. The van der Waals surface area contributed by atoms with Gasteiger partial charge in [0.2, 0.25) is 0 Å². The Labute approximate surface area is 85.8 Å². The second-order valence-corrected chi connectivity index (χ2v) is 4.70. The van der Waals surface area contributed by atoms with Crippen molar-refractivity contribution in [1.29, 1.82) is 0 Å². The zero-order chi connectivity index (χ0) is 9.26. The van der Waals surface area contributed by atoms with Crippen molar-refractivity contribution >= 4 is 11.6 Å². The first-order chi connectivity index (χ1) is 6.31. The fraction of sp³-hybridized carbons (Fsp3) is 1.00. The summed E-state index contributed by atoms with van der Waals surface area (Å²) in [5.41, 5.74) is 0. The third-order valence-electron chi connectivity index (χ3n) is 3.44. The van der Waals surface area contributed by atoms with Crippen LogP contribution >= 0.6 is 11.6 Å². The average molecular weight is 203 g/mol. The minimum atomic E-state index is 0.702. The van der Waals surface area contributed by atoms with Crippen molar-refractivity contribution in [2.24, 2.45) is 0 Å². The van der Waals surface area contributed by atoms with Gasteiger partial charge in [0, 0.05) is 37.6 Å². The van der Waals surface area contributed by atoms with Gasteiger partial charge in [-0.25, -0.2) is 0 Å². The van der Waals surface area contributed by atoms with Crippen molar-refractivity contribution in [1.82, 2.24) is 9.80 Å². The van der Waals surface area contributed by atoms with Crippen LogP contribution in [-0.2, 0) is 0 Å². The van der Waals surface area contributed by atoms with Gasteiger partial charge in [-0.2, -0.15) is 0 Å². The summed E-state index contributed by atoms with van der Waals surface area (Å²) < 4.78 is 0. The van der Waals surface area contributed by atoms with Gasteiger partial charge in [0.1, 0.15) is 0 Å². The molecule has 2 atom stereocenters. The number of nitrogens with zero attached hydrogens (tertiary/aromatic N) is 2. The second kappa shape index (κ2) is 4.16. The third kappa shape index (κ3) is 2.00. The van der Waals surface area contributed by atoms with Crippen LogP contribution < -0.4 is 0 Å². The van der Waals surface area contributed by atoms with Gasteiger partial charge in [-0.05, 0) is 26.3 Å². The topological polar surface area (TPSA) is 6.48 Å². The predicted octanol–water partition coefficient (Wildman–Crippen LogP) is 1.39. The summed E-state index contributed by atoms with van der Waals surface area (Å²) in [6, 6.07) is 1.53. The molecular formula is C10H19ClN2. The molecule has 2 aliphatic rings. The molecule has 13 heavy (non-hydrogen) atoms. The summed E-state index contributed by atoms with van der Waals surface area (Å²) in [5.74, 6) is 0.775. The zero-order valence-electron chi connectivity index (χ0n) is 8.38. The Kier molecular flexibility index (Phi) is 3.12. The lowest BCUT2D eigenvalue weighted by atomic mass is 10.1. The average Bonchev–Trinajstić information content (AvgIpc) is 2.52. The summed E-state index contributed by atoms with van der Waals surface area (Å²) in [6.07, 6.45) is 2.79. The maximum Gasteiger partial charge on any atom is 0.0351 e. The number of hydrogen-bond donors (Lipinski definition) is 0. The van der Waals surface area contributed by atoms with Crippen molar-refractivity contribution in [3.8, 4) is 0 Å². The largest absolute Gasteiger partial charge is 0.298 e. The maximum absolute atomic E-state index is 5.79. The van der Waals surface area contributed by atoms with Gasteiger partial charge < -0.3 is 0 Å². The lowest BCUT2D eigenvalue weighted by Crippen LogP contribution is -2.55. The summed E-state index contributed by atoms with van der Waals surface area (Å²) in [4.78, 5) is 5.19. The van der Waals surface area contributed by atoms with Crippen molar-refractivity contribution in [3.63, 3.8) is 0 Å². The van der Waals surface area contributed by atoms with Gasteiger partial charge in [0.25, 0.3) is 0 Å². The third-order valence-corrected chi connectivity index (χ3v) is 3.61. The highest BCUT2D eigenvalue weighted by molar-refractivity contribution is 6.18. The molecule has 2 aliphatic heterocycles. The van der Waals surface area contributed by atoms with Gasteiger partial charge in [-0.1, -0.05) is 0 Å². The standard InChI is InChI=1S/C10H19ClN2/c1-9-7-13-5-2-3-10(13)8-12(9)6-4-11/h9-10H,2-8H2,1H3. The Bertz CT molecular complexity index is 174. The summed E-state index contributed by atoms with van der Waals surface area (Å²) >= 11 is 5.79. The fourth-order valence-electron chi connectivity index (χ4n) is 2.67. The highest BCUT2D eigenvalue weighted by atomic mass is 35.5. The van der Waals surface area contributed by atoms with Crippen molar-refractivity contribution < 1.29 is 0 Å². The Morgan fingerprint density at radius 2 is 2.23 bits per heavy atom. The molecule has 0 radical (unpaired) electrons. The van der Waals surface area contributed by atoms with Crippen LogP contribution in [0.5, 0.6) is 0 Å². The number of alkyl halides is 1. The number of rotatable bonds is 2. The fourth-order valence-corrected chi connectivity index (χ4v) is 2.89. The molecule has 0 aromatic heterocycles. The van der Waals surface area contributed by atoms with E-state index in [-0.39, 0.29) is 0 Å². The Hall–Kier alpha value is 0.210. The smallest absolute Gasteiger partial charge is 0.0351 e. The molecule has 2 rings (SSSR count). The number of hydrogen-bond acceptors (Lipinski definition) is 2. The molecule has 2 heterocycles. The van der Waals surface area contributed by atoms with E-state index in [9.17, 15) is 0 Å². The van der Waals surface area contributed by atoms with E-state index >= 15 is 0 Å². The first kappa shape index (κ1) is 9.75. The van der Waals surface area contributed by atoms with E-state index in [2.05, 4.69) is 16.7 Å². The molecule has 76 valence electrons. The number of fused-ring (bicyclic) bond motifs is 1. The summed E-state index contributed by atoms with van der Waals surface area (Å²) in [7, 11) is 0. The molecule has 0 amide bonds. The van der Waals surface area contributed by atoms with Crippen molar-refractivity contribution in [2.75, 3.05) is 32.1 Å². The SMILES string of the molecule is CC1CN2CCCC2CN1CCCl. The molecule has 0 N–H and O–H groups in total. The van der Waals surface area contributed by atoms with Crippen LogP contribution in [-0.4, -0.2) is 53.9 Å². The van der Waals surface area contributed by atoms with E-state index in [1.807, 2.05) is 0 Å². The summed E-state index contributed by atoms with van der Waals surface area (Å²) in [5, 5.41) is 0. The Balaban J connectivity index is 1.93. The monoisotopic (exact) mass is 202 g/mol. The molecule has 2 nitrogen and oxygen atoms in total. The minimum Gasteiger partial charge on any atom is -0.298 e. The van der Waals surface area contributed by atoms with E-state index in [1.54, 1.807) is 0 Å². The van der Waals surface area contributed by atoms with E-state index < -0.39 is 0 Å². The van der Waals surface area contributed by atoms with Crippen LogP contribution in [0.15, 0.2) is 0 Å². The Morgan fingerprint density at radius 1 is 1.38 bits per heavy atom. The summed E-state index contributed by atoms with van der Waals surface area (Å²) in [6.45, 7) is 7.20. The molecule has 2 fully saturated rings. The van der Waals surface area contributed by atoms with Crippen LogP contribution in [0.25, 0.3) is 0 Å². The van der Waals surface area contributed by atoms with Gasteiger partial charge in [-0.15, -0.1) is 11.6 Å². The van der Waals surface area contributed by atoms with Crippen LogP contribution in [0.3, 0.4) is 0 Å². The van der Waals surface area contributed by atoms with Crippen molar-refractivity contribution in [2.45, 2.75) is 31.8 Å². The van der Waals surface area contributed by atoms with Gasteiger partial charge >= 0.3 is 0 Å². The molecule has 2 saturated heterocycles. The highest BCUT2D eigenvalue weighted by Gasteiger charge is 2.33. The number of halogens is 1.